The number of rotatable bonds is 3. The van der Waals surface area contributed by atoms with Gasteiger partial charge < -0.3 is 5.32 Å². The molecule has 0 aliphatic heterocycles. The van der Waals surface area contributed by atoms with Crippen LogP contribution in [0.5, 0.6) is 0 Å². The minimum Gasteiger partial charge on any atom is -0.378 e. The highest BCUT2D eigenvalue weighted by molar-refractivity contribution is 7.07. The lowest BCUT2D eigenvalue weighted by atomic mass is 10.1. The quantitative estimate of drug-likeness (QED) is 0.818. The van der Waals surface area contributed by atoms with Crippen molar-refractivity contribution >= 4 is 17.0 Å². The largest absolute Gasteiger partial charge is 0.378 e. The van der Waals surface area contributed by atoms with Crippen molar-refractivity contribution in [3.8, 4) is 0 Å². The average Bonchev–Trinajstić information content (AvgIpc) is 2.68. The number of benzene rings is 1. The maximum absolute atomic E-state index is 3.53. The Balaban J connectivity index is 2.15. The first-order chi connectivity index (χ1) is 7.65. The van der Waals surface area contributed by atoms with Gasteiger partial charge in [0.15, 0.2) is 0 Å². The van der Waals surface area contributed by atoms with Crippen molar-refractivity contribution in [2.24, 2.45) is 0 Å². The number of thiophene rings is 1. The number of hydrogen-bond donors (Lipinski definition) is 1. The Bertz CT molecular complexity index is 439. The van der Waals surface area contributed by atoms with Gasteiger partial charge in [-0.1, -0.05) is 6.07 Å². The summed E-state index contributed by atoms with van der Waals surface area (Å²) < 4.78 is 0. The smallest absolute Gasteiger partial charge is 0.0493 e. The molecule has 16 heavy (non-hydrogen) atoms. The van der Waals surface area contributed by atoms with Gasteiger partial charge in [0.25, 0.3) is 0 Å². The number of anilines is 1. The highest BCUT2D eigenvalue weighted by atomic mass is 32.1. The third kappa shape index (κ3) is 2.64. The van der Waals surface area contributed by atoms with E-state index in [1.807, 2.05) is 0 Å². The molecule has 0 fully saturated rings. The molecule has 0 radical (unpaired) electrons. The van der Waals surface area contributed by atoms with Gasteiger partial charge in [-0.05, 0) is 66.4 Å². The van der Waals surface area contributed by atoms with Crippen LogP contribution in [0.25, 0.3) is 0 Å². The van der Waals surface area contributed by atoms with Crippen LogP contribution in [-0.2, 0) is 0 Å². The normalized spacial score (nSPS) is 12.4. The standard InChI is InChI=1S/C14H17NS/c1-10-6-11(2)8-14(7-10)15-12(3)13-4-5-16-9-13/h4-9,12,15H,1-3H3. The third-order valence-electron chi connectivity index (χ3n) is 2.65. The first-order valence-corrected chi connectivity index (χ1v) is 6.46. The van der Waals surface area contributed by atoms with Crippen molar-refractivity contribution in [2.75, 3.05) is 5.32 Å². The van der Waals surface area contributed by atoms with Crippen LogP contribution in [0.3, 0.4) is 0 Å². The molecule has 0 saturated heterocycles. The Morgan fingerprint density at radius 2 is 1.81 bits per heavy atom. The van der Waals surface area contributed by atoms with Crippen LogP contribution in [-0.4, -0.2) is 0 Å². The summed E-state index contributed by atoms with van der Waals surface area (Å²) >= 11 is 1.74. The molecule has 1 N–H and O–H groups in total. The summed E-state index contributed by atoms with van der Waals surface area (Å²) in [6.45, 7) is 6.46. The minimum absolute atomic E-state index is 0.368. The zero-order valence-corrected chi connectivity index (χ0v) is 10.8. The molecule has 0 amide bonds. The Hall–Kier alpha value is -1.28. The molecule has 0 aliphatic rings. The molecule has 1 heterocycles. The van der Waals surface area contributed by atoms with E-state index in [0.29, 0.717) is 6.04 Å². The molecule has 2 rings (SSSR count). The lowest BCUT2D eigenvalue weighted by Crippen LogP contribution is -2.05. The molecule has 0 aliphatic carbocycles. The Kier molecular flexibility index (Phi) is 3.30. The van der Waals surface area contributed by atoms with Gasteiger partial charge in [0.1, 0.15) is 0 Å². The van der Waals surface area contributed by atoms with E-state index in [1.54, 1.807) is 11.3 Å². The second kappa shape index (κ2) is 4.71. The molecule has 1 unspecified atom stereocenters. The number of aryl methyl sites for hydroxylation is 2. The van der Waals surface area contributed by atoms with Crippen molar-refractivity contribution in [3.63, 3.8) is 0 Å². The van der Waals surface area contributed by atoms with Crippen molar-refractivity contribution in [3.05, 3.63) is 51.7 Å². The molecule has 1 nitrogen and oxygen atoms in total. The maximum atomic E-state index is 3.53. The van der Waals surface area contributed by atoms with Crippen LogP contribution in [0, 0.1) is 13.8 Å². The van der Waals surface area contributed by atoms with E-state index in [9.17, 15) is 0 Å². The fourth-order valence-corrected chi connectivity index (χ4v) is 2.67. The molecular formula is C14H17NS. The first kappa shape index (κ1) is 11.2. The molecule has 0 spiro atoms. The summed E-state index contributed by atoms with van der Waals surface area (Å²) in [7, 11) is 0. The fraction of sp³-hybridized carbons (Fsp3) is 0.286. The lowest BCUT2D eigenvalue weighted by Gasteiger charge is -2.15. The Morgan fingerprint density at radius 3 is 2.38 bits per heavy atom. The topological polar surface area (TPSA) is 12.0 Å². The van der Waals surface area contributed by atoms with Gasteiger partial charge in [-0.25, -0.2) is 0 Å². The predicted molar refractivity (Wildman–Crippen MR) is 72.3 cm³/mol. The second-order valence-corrected chi connectivity index (χ2v) is 5.08. The molecular weight excluding hydrogens is 214 g/mol. The summed E-state index contributed by atoms with van der Waals surface area (Å²) in [4.78, 5) is 0. The molecule has 2 aromatic rings. The van der Waals surface area contributed by atoms with Crippen molar-refractivity contribution < 1.29 is 0 Å². The molecule has 0 bridgehead atoms. The first-order valence-electron chi connectivity index (χ1n) is 5.52. The molecule has 2 heteroatoms. The van der Waals surface area contributed by atoms with E-state index in [0.717, 1.165) is 0 Å². The lowest BCUT2D eigenvalue weighted by molar-refractivity contribution is 0.890. The van der Waals surface area contributed by atoms with Crippen LogP contribution in [0.1, 0.15) is 29.7 Å². The van der Waals surface area contributed by atoms with E-state index < -0.39 is 0 Å². The van der Waals surface area contributed by atoms with Gasteiger partial charge in [0.05, 0.1) is 0 Å². The summed E-state index contributed by atoms with van der Waals surface area (Å²) in [6, 6.07) is 9.12. The molecule has 1 aromatic heterocycles. The van der Waals surface area contributed by atoms with Crippen molar-refractivity contribution in [2.45, 2.75) is 26.8 Å². The monoisotopic (exact) mass is 231 g/mol. The summed E-state index contributed by atoms with van der Waals surface area (Å²) in [5, 5.41) is 7.85. The van der Waals surface area contributed by atoms with Crippen molar-refractivity contribution in [1.82, 2.24) is 0 Å². The minimum atomic E-state index is 0.368. The van der Waals surface area contributed by atoms with Gasteiger partial charge in [0, 0.05) is 11.7 Å². The van der Waals surface area contributed by atoms with Gasteiger partial charge in [-0.3, -0.25) is 0 Å². The van der Waals surface area contributed by atoms with Gasteiger partial charge in [0.2, 0.25) is 0 Å². The van der Waals surface area contributed by atoms with Crippen LogP contribution >= 0.6 is 11.3 Å². The average molecular weight is 231 g/mol. The predicted octanol–water partition coefficient (Wildman–Crippen LogP) is 4.54. The molecule has 1 aromatic carbocycles. The SMILES string of the molecule is Cc1cc(C)cc(NC(C)c2ccsc2)c1. The molecule has 84 valence electrons. The van der Waals surface area contributed by atoms with E-state index in [-0.39, 0.29) is 0 Å². The summed E-state index contributed by atoms with van der Waals surface area (Å²) in [5.74, 6) is 0. The van der Waals surface area contributed by atoms with E-state index in [4.69, 9.17) is 0 Å². The molecule has 0 saturated carbocycles. The zero-order chi connectivity index (χ0) is 11.5. The Labute approximate surface area is 101 Å². The summed E-state index contributed by atoms with van der Waals surface area (Å²) in [5.41, 5.74) is 5.17. The van der Waals surface area contributed by atoms with E-state index in [1.165, 1.54) is 22.4 Å². The van der Waals surface area contributed by atoms with Crippen molar-refractivity contribution in [1.29, 1.82) is 0 Å². The van der Waals surface area contributed by atoms with Crippen LogP contribution in [0.4, 0.5) is 5.69 Å². The Morgan fingerprint density at radius 1 is 1.12 bits per heavy atom. The van der Waals surface area contributed by atoms with Crippen LogP contribution in [0.2, 0.25) is 0 Å². The fourth-order valence-electron chi connectivity index (χ4n) is 1.91. The maximum Gasteiger partial charge on any atom is 0.0493 e. The van der Waals surface area contributed by atoms with E-state index in [2.05, 4.69) is 61.1 Å². The number of nitrogens with one attached hydrogen (secondary N) is 1. The van der Waals surface area contributed by atoms with Gasteiger partial charge >= 0.3 is 0 Å². The zero-order valence-electron chi connectivity index (χ0n) is 9.95. The van der Waals surface area contributed by atoms with E-state index >= 15 is 0 Å². The van der Waals surface area contributed by atoms with Crippen LogP contribution < -0.4 is 5.32 Å². The van der Waals surface area contributed by atoms with Gasteiger partial charge in [-0.15, -0.1) is 0 Å². The third-order valence-corrected chi connectivity index (χ3v) is 3.35. The molecule has 1 atom stereocenters. The van der Waals surface area contributed by atoms with Crippen LogP contribution in [0.15, 0.2) is 35.0 Å². The summed E-state index contributed by atoms with van der Waals surface area (Å²) in [6.07, 6.45) is 0. The number of hydrogen-bond acceptors (Lipinski definition) is 2. The second-order valence-electron chi connectivity index (χ2n) is 4.30. The highest BCUT2D eigenvalue weighted by Gasteiger charge is 2.05. The van der Waals surface area contributed by atoms with Gasteiger partial charge in [-0.2, -0.15) is 11.3 Å². The highest BCUT2D eigenvalue weighted by Crippen LogP contribution is 2.22.